The molecule has 0 aliphatic heterocycles. The van der Waals surface area contributed by atoms with E-state index in [1.165, 1.54) is 0 Å². The first-order valence-electron chi connectivity index (χ1n) is 8.86. The first-order chi connectivity index (χ1) is 12.8. The van der Waals surface area contributed by atoms with Crippen molar-refractivity contribution in [3.8, 4) is 0 Å². The Morgan fingerprint density at radius 2 is 1.64 bits per heavy atom. The standard InChI is InChI=1S/C16H22F2O9S/c17-16(18,28(23,24)25)13(21)27-7-11(19)6-26-12(20)14-2-9-1-10(3-14)5-15(22,4-9)8-14/h9-11,19,22H,1-8H2,(H,23,24,25). The summed E-state index contributed by atoms with van der Waals surface area (Å²) in [5.41, 5.74) is -1.73. The number of carbonyl (C=O) groups excluding carboxylic acids is 2. The summed E-state index contributed by atoms with van der Waals surface area (Å²) in [6.07, 6.45) is 2.03. The lowest BCUT2D eigenvalue weighted by molar-refractivity contribution is -0.198. The van der Waals surface area contributed by atoms with Crippen LogP contribution in [0.5, 0.6) is 0 Å². The number of hydrogen-bond acceptors (Lipinski definition) is 8. The quantitative estimate of drug-likeness (QED) is 0.383. The van der Waals surface area contributed by atoms with E-state index in [1.54, 1.807) is 0 Å². The second-order valence-corrected chi connectivity index (χ2v) is 9.77. The van der Waals surface area contributed by atoms with Crippen LogP contribution in [0.1, 0.15) is 38.5 Å². The number of aliphatic hydroxyl groups is 2. The van der Waals surface area contributed by atoms with Crippen molar-refractivity contribution in [2.24, 2.45) is 17.3 Å². The van der Waals surface area contributed by atoms with Crippen molar-refractivity contribution in [2.45, 2.75) is 55.5 Å². The number of ether oxygens (including phenoxy) is 2. The Hall–Kier alpha value is -1.37. The normalized spacial score (nSPS) is 35.5. The molecule has 4 aliphatic carbocycles. The number of alkyl halides is 2. The topological polar surface area (TPSA) is 147 Å². The summed E-state index contributed by atoms with van der Waals surface area (Å²) in [6, 6.07) is 0. The molecule has 0 aromatic heterocycles. The van der Waals surface area contributed by atoms with Crippen molar-refractivity contribution < 1.29 is 51.0 Å². The minimum Gasteiger partial charge on any atom is -0.462 e. The molecule has 4 bridgehead atoms. The molecule has 4 aliphatic rings. The predicted molar refractivity (Wildman–Crippen MR) is 86.5 cm³/mol. The number of halogens is 2. The zero-order valence-electron chi connectivity index (χ0n) is 14.8. The maximum absolute atomic E-state index is 13.0. The fraction of sp³-hybridized carbons (Fsp3) is 0.875. The van der Waals surface area contributed by atoms with Crippen molar-refractivity contribution in [2.75, 3.05) is 13.2 Å². The highest BCUT2D eigenvalue weighted by Gasteiger charge is 2.61. The van der Waals surface area contributed by atoms with Crippen LogP contribution in [0, 0.1) is 17.3 Å². The molecule has 0 aromatic rings. The van der Waals surface area contributed by atoms with Gasteiger partial charge in [-0.3, -0.25) is 9.35 Å². The minimum atomic E-state index is -6.01. The summed E-state index contributed by atoms with van der Waals surface area (Å²) < 4.78 is 64.3. The number of carbonyl (C=O) groups is 2. The lowest BCUT2D eigenvalue weighted by atomic mass is 9.48. The van der Waals surface area contributed by atoms with Crippen molar-refractivity contribution in [3.63, 3.8) is 0 Å². The Labute approximate surface area is 159 Å². The highest BCUT2D eigenvalue weighted by atomic mass is 32.2. The van der Waals surface area contributed by atoms with Crippen LogP contribution in [0.25, 0.3) is 0 Å². The van der Waals surface area contributed by atoms with E-state index in [-0.39, 0.29) is 18.3 Å². The molecular formula is C16H22F2O9S. The molecule has 160 valence electrons. The summed E-state index contributed by atoms with van der Waals surface area (Å²) >= 11 is 0. The Kier molecular flexibility index (Phi) is 5.22. The van der Waals surface area contributed by atoms with E-state index in [0.717, 1.165) is 6.42 Å². The smallest absolute Gasteiger partial charge is 0.462 e. The molecule has 0 saturated heterocycles. The van der Waals surface area contributed by atoms with Crippen LogP contribution >= 0.6 is 0 Å². The van der Waals surface area contributed by atoms with Crippen LogP contribution in [0.2, 0.25) is 0 Å². The molecule has 3 unspecified atom stereocenters. The molecule has 12 heteroatoms. The molecular weight excluding hydrogens is 406 g/mol. The molecule has 4 rings (SSSR count). The Bertz CT molecular complexity index is 752. The first-order valence-corrected chi connectivity index (χ1v) is 10.3. The maximum atomic E-state index is 13.0. The van der Waals surface area contributed by atoms with Crippen LogP contribution in [-0.4, -0.2) is 65.3 Å². The van der Waals surface area contributed by atoms with Crippen molar-refractivity contribution in [3.05, 3.63) is 0 Å². The molecule has 0 aromatic carbocycles. The van der Waals surface area contributed by atoms with Gasteiger partial charge in [-0.2, -0.15) is 17.2 Å². The zero-order valence-corrected chi connectivity index (χ0v) is 15.7. The minimum absolute atomic E-state index is 0.229. The monoisotopic (exact) mass is 428 g/mol. The SMILES string of the molecule is O=C(OCC(O)COC(=O)C(F)(F)S(=O)(=O)O)C12CC3CC(CC(O)(C3)C1)C2. The van der Waals surface area contributed by atoms with Crippen LogP contribution in [-0.2, 0) is 29.2 Å². The van der Waals surface area contributed by atoms with Gasteiger partial charge in [0.2, 0.25) is 0 Å². The summed E-state index contributed by atoms with van der Waals surface area (Å²) in [5, 5.41) is 15.1. The Morgan fingerprint density at radius 3 is 2.14 bits per heavy atom. The third-order valence-corrected chi connectivity index (χ3v) is 6.65. The van der Waals surface area contributed by atoms with E-state index >= 15 is 0 Å². The van der Waals surface area contributed by atoms with Gasteiger partial charge in [0.05, 0.1) is 11.0 Å². The van der Waals surface area contributed by atoms with Crippen molar-refractivity contribution in [1.82, 2.24) is 0 Å². The highest BCUT2D eigenvalue weighted by Crippen LogP contribution is 2.61. The number of esters is 2. The van der Waals surface area contributed by atoms with E-state index in [1.807, 2.05) is 0 Å². The second kappa shape index (κ2) is 6.85. The fourth-order valence-corrected chi connectivity index (χ4v) is 5.46. The van der Waals surface area contributed by atoms with Gasteiger partial charge in [-0.25, -0.2) is 4.79 Å². The summed E-state index contributed by atoms with van der Waals surface area (Å²) in [5.74, 6) is -2.70. The van der Waals surface area contributed by atoms with Crippen molar-refractivity contribution in [1.29, 1.82) is 0 Å². The molecule has 3 N–H and O–H groups in total. The van der Waals surface area contributed by atoms with Gasteiger partial charge in [-0.05, 0) is 50.4 Å². The molecule has 0 amide bonds. The van der Waals surface area contributed by atoms with Crippen molar-refractivity contribution >= 4 is 22.1 Å². The van der Waals surface area contributed by atoms with E-state index in [0.29, 0.717) is 25.7 Å². The second-order valence-electron chi connectivity index (χ2n) is 8.31. The van der Waals surface area contributed by atoms with Gasteiger partial charge < -0.3 is 19.7 Å². The number of hydrogen-bond donors (Lipinski definition) is 3. The molecule has 0 radical (unpaired) electrons. The van der Waals surface area contributed by atoms with Gasteiger partial charge >= 0.3 is 27.3 Å². The van der Waals surface area contributed by atoms with Gasteiger partial charge in [-0.15, -0.1) is 0 Å². The molecule has 4 fully saturated rings. The maximum Gasteiger partial charge on any atom is 0.465 e. The average Bonchev–Trinajstić information content (AvgIpc) is 2.54. The molecule has 0 heterocycles. The largest absolute Gasteiger partial charge is 0.465 e. The highest BCUT2D eigenvalue weighted by molar-refractivity contribution is 7.87. The van der Waals surface area contributed by atoms with Crippen LogP contribution in [0.15, 0.2) is 0 Å². The van der Waals surface area contributed by atoms with Crippen LogP contribution in [0.3, 0.4) is 0 Å². The van der Waals surface area contributed by atoms with Gasteiger partial charge in [0.25, 0.3) is 0 Å². The lowest BCUT2D eigenvalue weighted by Gasteiger charge is -2.58. The lowest BCUT2D eigenvalue weighted by Crippen LogP contribution is -2.58. The molecule has 4 saturated carbocycles. The summed E-state index contributed by atoms with van der Waals surface area (Å²) in [6.45, 7) is -1.71. The van der Waals surface area contributed by atoms with E-state index < -0.39 is 57.6 Å². The summed E-state index contributed by atoms with van der Waals surface area (Å²) in [7, 11) is -6.01. The molecule has 28 heavy (non-hydrogen) atoms. The first kappa shape index (κ1) is 21.3. The number of rotatable bonds is 7. The molecule has 3 atom stereocenters. The van der Waals surface area contributed by atoms with Gasteiger partial charge in [-0.1, -0.05) is 0 Å². The van der Waals surface area contributed by atoms with Crippen LogP contribution in [0.4, 0.5) is 8.78 Å². The van der Waals surface area contributed by atoms with Gasteiger partial charge in [0.1, 0.15) is 19.3 Å². The third-order valence-electron chi connectivity index (χ3n) is 5.84. The Balaban J connectivity index is 1.51. The van der Waals surface area contributed by atoms with Gasteiger partial charge in [0.15, 0.2) is 0 Å². The number of aliphatic hydroxyl groups excluding tert-OH is 1. The van der Waals surface area contributed by atoms with E-state index in [2.05, 4.69) is 4.74 Å². The third kappa shape index (κ3) is 3.87. The van der Waals surface area contributed by atoms with Crippen LogP contribution < -0.4 is 0 Å². The Morgan fingerprint density at radius 1 is 1.11 bits per heavy atom. The average molecular weight is 428 g/mol. The zero-order chi connectivity index (χ0) is 21.0. The van der Waals surface area contributed by atoms with E-state index in [9.17, 15) is 37.0 Å². The van der Waals surface area contributed by atoms with Gasteiger partial charge in [0, 0.05) is 0 Å². The fourth-order valence-electron chi connectivity index (χ4n) is 5.19. The van der Waals surface area contributed by atoms with E-state index in [4.69, 9.17) is 9.29 Å². The molecule has 0 spiro atoms. The molecule has 9 nitrogen and oxygen atoms in total. The predicted octanol–water partition coefficient (Wildman–Crippen LogP) is 0.246. The summed E-state index contributed by atoms with van der Waals surface area (Å²) in [4.78, 5) is 23.6.